The van der Waals surface area contributed by atoms with Crippen LogP contribution < -0.4 is 0 Å². The van der Waals surface area contributed by atoms with Gasteiger partial charge >= 0.3 is 11.9 Å². The lowest BCUT2D eigenvalue weighted by molar-refractivity contribution is -0.332. The molecule has 7 N–H and O–H groups in total. The molecule has 2 fully saturated rings. The largest absolute Gasteiger partial charge is 0.462 e. The Kier molecular flexibility index (Phi) is 43.7. The monoisotopic (exact) mass is 1080 g/mol. The van der Waals surface area contributed by atoms with Crippen molar-refractivity contribution in [1.82, 2.24) is 0 Å². The minimum Gasteiger partial charge on any atom is -0.462 e. The molecule has 0 aliphatic carbocycles. The second kappa shape index (κ2) is 47.5. The Balaban J connectivity index is 1.73. The number of hydrogen-bond acceptors (Lipinski definition) is 15. The molecule has 0 bridgehead atoms. The van der Waals surface area contributed by atoms with Gasteiger partial charge in [-0.3, -0.25) is 9.59 Å². The molecule has 15 nitrogen and oxygen atoms in total. The number of ether oxygens (including phenoxy) is 6. The summed E-state index contributed by atoms with van der Waals surface area (Å²) < 4.78 is 33.7. The number of hydrogen-bond donors (Lipinski definition) is 7. The third-order valence-electron chi connectivity index (χ3n) is 14.6. The molecular formula is C61H110O15. The number of unbranched alkanes of at least 4 members (excludes halogenated alkanes) is 29. The van der Waals surface area contributed by atoms with E-state index in [-0.39, 0.29) is 26.1 Å². The van der Waals surface area contributed by atoms with Gasteiger partial charge in [-0.15, -0.1) is 0 Å². The quantitative estimate of drug-likeness (QED) is 0.0171. The Hall–Kier alpha value is -2.28. The molecule has 11 atom stereocenters. The van der Waals surface area contributed by atoms with Gasteiger partial charge in [-0.2, -0.15) is 0 Å². The van der Waals surface area contributed by atoms with Gasteiger partial charge in [0.15, 0.2) is 18.7 Å². The fourth-order valence-corrected chi connectivity index (χ4v) is 9.64. The van der Waals surface area contributed by atoms with E-state index < -0.39 is 92.7 Å². The van der Waals surface area contributed by atoms with Crippen molar-refractivity contribution in [2.75, 3.05) is 26.4 Å². The smallest absolute Gasteiger partial charge is 0.306 e. The summed E-state index contributed by atoms with van der Waals surface area (Å²) in [5.41, 5.74) is 0. The summed E-state index contributed by atoms with van der Waals surface area (Å²) in [4.78, 5) is 25.9. The zero-order valence-corrected chi connectivity index (χ0v) is 47.5. The molecule has 2 rings (SSSR count). The average Bonchev–Trinajstić information content (AvgIpc) is 3.41. The van der Waals surface area contributed by atoms with Crippen molar-refractivity contribution in [2.45, 2.75) is 313 Å². The van der Waals surface area contributed by atoms with Crippen LogP contribution >= 0.6 is 0 Å². The Bertz CT molecular complexity index is 1460. The summed E-state index contributed by atoms with van der Waals surface area (Å²) in [7, 11) is 0. The molecule has 0 aromatic rings. The summed E-state index contributed by atoms with van der Waals surface area (Å²) in [5.74, 6) is -0.928. The second-order valence-electron chi connectivity index (χ2n) is 21.5. The zero-order chi connectivity index (χ0) is 55.3. The number of carbonyl (C=O) groups is 2. The van der Waals surface area contributed by atoms with E-state index in [1.165, 1.54) is 135 Å². The van der Waals surface area contributed by atoms with Gasteiger partial charge in [0.2, 0.25) is 0 Å². The minimum absolute atomic E-state index is 0.152. The molecule has 0 spiro atoms. The highest BCUT2D eigenvalue weighted by Gasteiger charge is 2.47. The fraction of sp³-hybridized carbons (Fsp3) is 0.869. The van der Waals surface area contributed by atoms with Crippen LogP contribution in [0.2, 0.25) is 0 Å². The summed E-state index contributed by atoms with van der Waals surface area (Å²) in [6, 6.07) is 0. The molecule has 76 heavy (non-hydrogen) atoms. The molecule has 0 radical (unpaired) electrons. The fourth-order valence-electron chi connectivity index (χ4n) is 9.64. The number of aliphatic hydroxyl groups excluding tert-OH is 7. The first-order valence-electron chi connectivity index (χ1n) is 30.6. The van der Waals surface area contributed by atoms with Gasteiger partial charge in [0.25, 0.3) is 0 Å². The van der Waals surface area contributed by atoms with Crippen LogP contribution in [-0.4, -0.2) is 142 Å². The Morgan fingerprint density at radius 1 is 0.421 bits per heavy atom. The average molecular weight is 1080 g/mol. The van der Waals surface area contributed by atoms with Crippen LogP contribution in [0.15, 0.2) is 36.5 Å². The highest BCUT2D eigenvalue weighted by Crippen LogP contribution is 2.27. The van der Waals surface area contributed by atoms with Crippen LogP contribution in [0.4, 0.5) is 0 Å². The Labute approximate surface area is 459 Å². The standard InChI is InChI=1S/C61H110O15/c1-3-5-7-9-11-13-15-17-19-21-23-24-26-27-29-31-33-35-37-39-41-43-52(63)71-46-49(74-53(64)44-42-40-38-36-34-32-30-28-25-22-20-18-16-14-12-10-8-6-4-2)47-72-60-59(70)57(68)55(66)51(76-60)48-73-61-58(69)56(67)54(65)50(45-62)75-61/h12,14,18,20,25,28,49-51,54-62,65-70H,3-11,13,15-17,19,21-24,26-27,29-48H2,1-2H3/b14-12-,20-18-,28-25-. The third-order valence-corrected chi connectivity index (χ3v) is 14.6. The van der Waals surface area contributed by atoms with Crippen molar-refractivity contribution >= 4 is 11.9 Å². The maximum Gasteiger partial charge on any atom is 0.306 e. The van der Waals surface area contributed by atoms with Crippen molar-refractivity contribution in [3.8, 4) is 0 Å². The van der Waals surface area contributed by atoms with Crippen molar-refractivity contribution in [2.24, 2.45) is 0 Å². The molecule has 444 valence electrons. The van der Waals surface area contributed by atoms with Gasteiger partial charge < -0.3 is 64.2 Å². The van der Waals surface area contributed by atoms with Crippen molar-refractivity contribution < 1.29 is 73.8 Å². The third kappa shape index (κ3) is 34.0. The van der Waals surface area contributed by atoms with Gasteiger partial charge in [-0.05, 0) is 51.4 Å². The first kappa shape index (κ1) is 69.8. The van der Waals surface area contributed by atoms with Crippen LogP contribution in [0, 0.1) is 0 Å². The predicted octanol–water partition coefficient (Wildman–Crippen LogP) is 10.8. The SMILES string of the molecule is CCCCC/C=C\C/C=C\C/C=C\CCCCCCCCC(=O)OC(COC(=O)CCCCCCCCCCCCCCCCCCCCCCC)COC1OC(COC2OC(CO)C(O)C(O)C2O)C(O)C(O)C1O. The Morgan fingerprint density at radius 2 is 0.789 bits per heavy atom. The molecule has 15 heteroatoms. The summed E-state index contributed by atoms with van der Waals surface area (Å²) in [5, 5.41) is 72.4. The lowest BCUT2D eigenvalue weighted by Gasteiger charge is -2.42. The highest BCUT2D eigenvalue weighted by molar-refractivity contribution is 5.70. The topological polar surface area (TPSA) is 231 Å². The lowest BCUT2D eigenvalue weighted by atomic mass is 9.98. The van der Waals surface area contributed by atoms with E-state index in [0.717, 1.165) is 70.6 Å². The van der Waals surface area contributed by atoms with Crippen LogP contribution in [0.25, 0.3) is 0 Å². The van der Waals surface area contributed by atoms with E-state index in [9.17, 15) is 45.3 Å². The number of allylic oxidation sites excluding steroid dienone is 6. The molecule has 0 aromatic carbocycles. The lowest BCUT2D eigenvalue weighted by Crippen LogP contribution is -2.61. The van der Waals surface area contributed by atoms with Crippen molar-refractivity contribution in [3.05, 3.63) is 36.5 Å². The predicted molar refractivity (Wildman–Crippen MR) is 298 cm³/mol. The molecule has 2 saturated heterocycles. The summed E-state index contributed by atoms with van der Waals surface area (Å²) >= 11 is 0. The van der Waals surface area contributed by atoms with Crippen LogP contribution in [-0.2, 0) is 38.0 Å². The highest BCUT2D eigenvalue weighted by atomic mass is 16.7. The minimum atomic E-state index is -1.77. The van der Waals surface area contributed by atoms with E-state index in [0.29, 0.717) is 12.8 Å². The first-order chi connectivity index (χ1) is 37.0. The zero-order valence-electron chi connectivity index (χ0n) is 47.5. The van der Waals surface area contributed by atoms with E-state index in [1.807, 2.05) is 0 Å². The molecule has 0 aromatic heterocycles. The number of esters is 2. The molecule has 11 unspecified atom stereocenters. The normalized spacial score (nSPS) is 24.5. The van der Waals surface area contributed by atoms with Gasteiger partial charge in [0.05, 0.1) is 19.8 Å². The maximum atomic E-state index is 13.1. The van der Waals surface area contributed by atoms with E-state index >= 15 is 0 Å². The van der Waals surface area contributed by atoms with Crippen molar-refractivity contribution in [3.63, 3.8) is 0 Å². The maximum absolute atomic E-state index is 13.1. The molecule has 2 aliphatic heterocycles. The van der Waals surface area contributed by atoms with Gasteiger partial charge in [0.1, 0.15) is 55.4 Å². The number of aliphatic hydroxyl groups is 7. The van der Waals surface area contributed by atoms with Crippen LogP contribution in [0.5, 0.6) is 0 Å². The molecular weight excluding hydrogens is 973 g/mol. The molecule has 0 saturated carbocycles. The van der Waals surface area contributed by atoms with Crippen LogP contribution in [0.3, 0.4) is 0 Å². The first-order valence-corrected chi connectivity index (χ1v) is 30.6. The van der Waals surface area contributed by atoms with Crippen molar-refractivity contribution in [1.29, 1.82) is 0 Å². The van der Waals surface area contributed by atoms with Crippen LogP contribution in [0.1, 0.15) is 245 Å². The van der Waals surface area contributed by atoms with E-state index in [2.05, 4.69) is 50.3 Å². The number of rotatable bonds is 49. The van der Waals surface area contributed by atoms with Gasteiger partial charge in [-0.1, -0.05) is 217 Å². The number of carbonyl (C=O) groups excluding carboxylic acids is 2. The second-order valence-corrected chi connectivity index (χ2v) is 21.5. The molecule has 2 heterocycles. The van der Waals surface area contributed by atoms with Gasteiger partial charge in [0, 0.05) is 12.8 Å². The van der Waals surface area contributed by atoms with Gasteiger partial charge in [-0.25, -0.2) is 0 Å². The molecule has 0 amide bonds. The summed E-state index contributed by atoms with van der Waals surface area (Å²) in [6.45, 7) is 2.60. The van der Waals surface area contributed by atoms with E-state index in [4.69, 9.17) is 28.4 Å². The Morgan fingerprint density at radius 3 is 1.26 bits per heavy atom. The summed E-state index contributed by atoms with van der Waals surface area (Å²) in [6.07, 6.45) is 37.3. The molecule has 2 aliphatic rings. The van der Waals surface area contributed by atoms with E-state index in [1.54, 1.807) is 0 Å².